The highest BCUT2D eigenvalue weighted by molar-refractivity contribution is 7.86. The zero-order chi connectivity index (χ0) is 21.7. The minimum atomic E-state index is -6.19. The van der Waals surface area contributed by atoms with E-state index in [1.54, 1.807) is 0 Å². The van der Waals surface area contributed by atoms with Crippen molar-refractivity contribution in [2.75, 3.05) is 19.7 Å². The number of carbonyl (C=O) groups is 2. The third-order valence-electron chi connectivity index (χ3n) is 3.18. The molecular formula is C13H17F5NO7S-. The van der Waals surface area contributed by atoms with Crippen LogP contribution in [0.4, 0.5) is 22.0 Å². The topological polar surface area (TPSA) is 113 Å². The van der Waals surface area contributed by atoms with Gasteiger partial charge >= 0.3 is 29.1 Å². The highest BCUT2D eigenvalue weighted by Crippen LogP contribution is 2.38. The average molecular weight is 426 g/mol. The summed E-state index contributed by atoms with van der Waals surface area (Å²) < 4.78 is 106. The van der Waals surface area contributed by atoms with Crippen LogP contribution in [0.1, 0.15) is 20.3 Å². The first-order valence-electron chi connectivity index (χ1n) is 7.28. The molecule has 0 saturated heterocycles. The van der Waals surface area contributed by atoms with E-state index in [1.165, 1.54) is 13.8 Å². The molecule has 0 saturated carbocycles. The molecule has 0 aromatic carbocycles. The number of alkyl halides is 5. The Hall–Kier alpha value is -1.80. The number of rotatable bonds is 10. The summed E-state index contributed by atoms with van der Waals surface area (Å²) in [5.41, 5.74) is 0. The Morgan fingerprint density at radius 3 is 1.96 bits per heavy atom. The van der Waals surface area contributed by atoms with Crippen molar-refractivity contribution in [2.45, 2.75) is 37.5 Å². The van der Waals surface area contributed by atoms with Crippen LogP contribution in [0.2, 0.25) is 0 Å². The first-order valence-corrected chi connectivity index (χ1v) is 8.69. The van der Waals surface area contributed by atoms with Crippen molar-refractivity contribution in [1.82, 2.24) is 4.90 Å². The second kappa shape index (κ2) is 8.93. The number of hydrogen-bond acceptors (Lipinski definition) is 7. The van der Waals surface area contributed by atoms with Gasteiger partial charge in [-0.2, -0.15) is 22.0 Å². The lowest BCUT2D eigenvalue weighted by Crippen LogP contribution is -2.62. The highest BCUT2D eigenvalue weighted by Gasteiger charge is 2.67. The largest absolute Gasteiger partial charge is 0.743 e. The van der Waals surface area contributed by atoms with E-state index in [0.717, 1.165) is 0 Å². The highest BCUT2D eigenvalue weighted by atomic mass is 32.2. The van der Waals surface area contributed by atoms with E-state index in [-0.39, 0.29) is 19.2 Å². The van der Waals surface area contributed by atoms with Crippen LogP contribution in [0.15, 0.2) is 12.7 Å². The number of amides is 1. The second-order valence-corrected chi connectivity index (χ2v) is 6.41. The Balaban J connectivity index is 5.98. The van der Waals surface area contributed by atoms with Gasteiger partial charge in [0.15, 0.2) is 10.1 Å². The molecule has 1 atom stereocenters. The minimum Gasteiger partial charge on any atom is -0.743 e. The molecule has 0 aliphatic carbocycles. The molecule has 0 N–H and O–H groups in total. The van der Waals surface area contributed by atoms with Gasteiger partial charge in [-0.3, -0.25) is 4.79 Å². The standard InChI is InChI=1S/C13H18F5NO7S/c1-4-9(20)26-12(13(16,17)18,10(21)19(5-2)6-3)25-8-7-11(14,15)27(22,23)24/h4H,1,5-8H2,2-3H3,(H,22,23,24)/p-1. The van der Waals surface area contributed by atoms with Crippen LogP contribution in [0.3, 0.4) is 0 Å². The molecule has 0 heterocycles. The van der Waals surface area contributed by atoms with Gasteiger partial charge in [0.25, 0.3) is 0 Å². The smallest absolute Gasteiger partial charge is 0.466 e. The Kier molecular flexibility index (Phi) is 8.33. The van der Waals surface area contributed by atoms with Crippen LogP contribution >= 0.6 is 0 Å². The van der Waals surface area contributed by atoms with Gasteiger partial charge in [0.05, 0.1) is 6.61 Å². The monoisotopic (exact) mass is 426 g/mol. The number of ether oxygens (including phenoxy) is 2. The van der Waals surface area contributed by atoms with E-state index in [4.69, 9.17) is 0 Å². The molecule has 158 valence electrons. The molecule has 0 radical (unpaired) electrons. The Bertz CT molecular complexity index is 660. The lowest BCUT2D eigenvalue weighted by atomic mass is 10.2. The Morgan fingerprint density at radius 2 is 1.63 bits per heavy atom. The Morgan fingerprint density at radius 1 is 1.15 bits per heavy atom. The van der Waals surface area contributed by atoms with Gasteiger partial charge in [-0.25, -0.2) is 13.2 Å². The molecule has 27 heavy (non-hydrogen) atoms. The van der Waals surface area contributed by atoms with E-state index in [2.05, 4.69) is 16.1 Å². The van der Waals surface area contributed by atoms with Crippen LogP contribution in [0.25, 0.3) is 0 Å². The maximum absolute atomic E-state index is 13.6. The van der Waals surface area contributed by atoms with Crippen molar-refractivity contribution in [3.63, 3.8) is 0 Å². The summed E-state index contributed by atoms with van der Waals surface area (Å²) in [5.74, 6) is -8.01. The summed E-state index contributed by atoms with van der Waals surface area (Å²) in [6.45, 7) is 3.12. The predicted octanol–water partition coefficient (Wildman–Crippen LogP) is 1.39. The zero-order valence-electron chi connectivity index (χ0n) is 14.2. The third kappa shape index (κ3) is 5.84. The summed E-state index contributed by atoms with van der Waals surface area (Å²) in [6, 6.07) is 0. The molecule has 0 rings (SSSR count). The van der Waals surface area contributed by atoms with Crippen molar-refractivity contribution in [1.29, 1.82) is 0 Å². The van der Waals surface area contributed by atoms with E-state index in [0.29, 0.717) is 4.90 Å². The molecule has 0 aromatic rings. The molecule has 14 heteroatoms. The fourth-order valence-electron chi connectivity index (χ4n) is 1.74. The average Bonchev–Trinajstić information content (AvgIpc) is 2.52. The van der Waals surface area contributed by atoms with E-state index in [9.17, 15) is 44.5 Å². The minimum absolute atomic E-state index is 0.274. The van der Waals surface area contributed by atoms with Gasteiger partial charge in [-0.05, 0) is 13.8 Å². The van der Waals surface area contributed by atoms with Crippen molar-refractivity contribution in [3.05, 3.63) is 12.7 Å². The van der Waals surface area contributed by atoms with E-state index >= 15 is 0 Å². The summed E-state index contributed by atoms with van der Waals surface area (Å²) in [6.07, 6.45) is -7.46. The summed E-state index contributed by atoms with van der Waals surface area (Å²) in [5, 5.41) is -4.97. The number of carbonyl (C=O) groups excluding carboxylic acids is 2. The third-order valence-corrected chi connectivity index (χ3v) is 4.12. The van der Waals surface area contributed by atoms with Crippen LogP contribution in [-0.4, -0.2) is 66.7 Å². The van der Waals surface area contributed by atoms with Gasteiger partial charge in [-0.15, -0.1) is 0 Å². The van der Waals surface area contributed by atoms with E-state index in [1.807, 2.05) is 0 Å². The number of hydrogen-bond donors (Lipinski definition) is 0. The lowest BCUT2D eigenvalue weighted by Gasteiger charge is -2.36. The molecule has 0 bridgehead atoms. The normalized spacial score (nSPS) is 15.0. The predicted molar refractivity (Wildman–Crippen MR) is 78.2 cm³/mol. The quantitative estimate of drug-likeness (QED) is 0.171. The maximum Gasteiger partial charge on any atom is 0.466 e. The fourth-order valence-corrected chi connectivity index (χ4v) is 2.07. The maximum atomic E-state index is 13.6. The van der Waals surface area contributed by atoms with Crippen LogP contribution < -0.4 is 0 Å². The molecule has 0 spiro atoms. The molecule has 1 amide bonds. The molecule has 0 fully saturated rings. The number of esters is 1. The number of nitrogens with zero attached hydrogens (tertiary/aromatic N) is 1. The van der Waals surface area contributed by atoms with Gasteiger partial charge in [0.2, 0.25) is 0 Å². The molecule has 0 aliphatic rings. The molecule has 0 aromatic heterocycles. The fraction of sp³-hybridized carbons (Fsp3) is 0.692. The van der Waals surface area contributed by atoms with Gasteiger partial charge < -0.3 is 18.9 Å². The van der Waals surface area contributed by atoms with Crippen molar-refractivity contribution >= 4 is 22.0 Å². The summed E-state index contributed by atoms with van der Waals surface area (Å²) in [7, 11) is -6.19. The first kappa shape index (κ1) is 25.2. The van der Waals surface area contributed by atoms with Crippen LogP contribution in [-0.2, 0) is 29.2 Å². The van der Waals surface area contributed by atoms with Crippen molar-refractivity contribution in [3.8, 4) is 0 Å². The SMILES string of the molecule is C=CC(=O)OC(OCCC(F)(F)S(=O)(=O)[O-])(C(=O)N(CC)CC)C(F)(F)F. The second-order valence-electron chi connectivity index (χ2n) is 4.91. The summed E-state index contributed by atoms with van der Waals surface area (Å²) >= 11 is 0. The van der Waals surface area contributed by atoms with Gasteiger partial charge in [0.1, 0.15) is 0 Å². The molecule has 0 aliphatic heterocycles. The summed E-state index contributed by atoms with van der Waals surface area (Å²) in [4.78, 5) is 24.1. The van der Waals surface area contributed by atoms with Crippen molar-refractivity contribution in [2.24, 2.45) is 0 Å². The van der Waals surface area contributed by atoms with Crippen LogP contribution in [0.5, 0.6) is 0 Å². The molecular weight excluding hydrogens is 409 g/mol. The lowest BCUT2D eigenvalue weighted by molar-refractivity contribution is -0.351. The zero-order valence-corrected chi connectivity index (χ0v) is 15.0. The van der Waals surface area contributed by atoms with Crippen LogP contribution in [0, 0.1) is 0 Å². The number of likely N-dealkylation sites (N-methyl/N-ethyl adjacent to an activating group) is 1. The molecule has 8 nitrogen and oxygen atoms in total. The Labute approximate surface area is 151 Å². The van der Waals surface area contributed by atoms with Gasteiger partial charge in [0, 0.05) is 25.6 Å². The number of halogens is 5. The van der Waals surface area contributed by atoms with Gasteiger partial charge in [-0.1, -0.05) is 6.58 Å². The van der Waals surface area contributed by atoms with E-state index < -0.39 is 52.2 Å². The molecule has 1 unspecified atom stereocenters. The van der Waals surface area contributed by atoms with Crippen molar-refractivity contribution < 1.29 is 54.0 Å². The first-order chi connectivity index (χ1) is 12.1.